The Kier molecular flexibility index (Phi) is 6.66. The van der Waals surface area contributed by atoms with Gasteiger partial charge in [0.1, 0.15) is 18.3 Å². The van der Waals surface area contributed by atoms with E-state index in [1.807, 2.05) is 0 Å². The molecule has 1 amide bonds. The number of carbonyl (C=O) groups is 2. The molecule has 11 nitrogen and oxygen atoms in total. The smallest absolute Gasteiger partial charge is 0.388 e. The highest BCUT2D eigenvalue weighted by Crippen LogP contribution is 2.56. The van der Waals surface area contributed by atoms with E-state index in [9.17, 15) is 31.5 Å². The van der Waals surface area contributed by atoms with Crippen molar-refractivity contribution in [3.8, 4) is 5.88 Å². The van der Waals surface area contributed by atoms with Crippen molar-refractivity contribution in [3.63, 3.8) is 0 Å². The first-order chi connectivity index (χ1) is 19.4. The maximum absolute atomic E-state index is 14.2. The van der Waals surface area contributed by atoms with Crippen LogP contribution in [0.25, 0.3) is 0 Å². The summed E-state index contributed by atoms with van der Waals surface area (Å²) in [7, 11) is 1.47. The number of rotatable bonds is 9. The van der Waals surface area contributed by atoms with Crippen LogP contribution in [0.2, 0.25) is 0 Å². The lowest BCUT2D eigenvalue weighted by Crippen LogP contribution is -2.45. The fourth-order valence-electron chi connectivity index (χ4n) is 5.59. The van der Waals surface area contributed by atoms with E-state index in [4.69, 9.17) is 5.73 Å². The third kappa shape index (κ3) is 4.99. The van der Waals surface area contributed by atoms with E-state index in [-0.39, 0.29) is 52.7 Å². The van der Waals surface area contributed by atoms with Crippen LogP contribution >= 0.6 is 11.3 Å². The summed E-state index contributed by atoms with van der Waals surface area (Å²) in [5, 5.41) is 17.6. The molecule has 17 heteroatoms. The minimum Gasteiger partial charge on any atom is -0.415 e. The highest BCUT2D eigenvalue weighted by atomic mass is 32.1. The third-order valence-electron chi connectivity index (χ3n) is 7.77. The summed E-state index contributed by atoms with van der Waals surface area (Å²) in [5.74, 6) is -7.22. The van der Waals surface area contributed by atoms with E-state index < -0.39 is 54.7 Å². The molecule has 3 aromatic rings. The topological polar surface area (TPSA) is 142 Å². The summed E-state index contributed by atoms with van der Waals surface area (Å²) in [6.45, 7) is -3.09. The Morgan fingerprint density at radius 2 is 2.02 bits per heavy atom. The van der Waals surface area contributed by atoms with Crippen molar-refractivity contribution in [1.29, 1.82) is 0 Å². The number of anilines is 3. The van der Waals surface area contributed by atoms with Crippen LogP contribution < -0.4 is 21.1 Å². The minimum atomic E-state index is -3.16. The van der Waals surface area contributed by atoms with Gasteiger partial charge in [0.15, 0.2) is 5.78 Å². The van der Waals surface area contributed by atoms with Gasteiger partial charge in [0.25, 0.3) is 11.8 Å². The van der Waals surface area contributed by atoms with Crippen LogP contribution in [0, 0.1) is 5.92 Å². The maximum Gasteiger partial charge on any atom is 0.388 e. The number of halogens is 5. The largest absolute Gasteiger partial charge is 0.415 e. The number of ether oxygens (including phenoxy) is 1. The van der Waals surface area contributed by atoms with Crippen LogP contribution in [0.3, 0.4) is 0 Å². The van der Waals surface area contributed by atoms with Crippen molar-refractivity contribution in [1.82, 2.24) is 29.9 Å². The van der Waals surface area contributed by atoms with Crippen LogP contribution in [0.5, 0.6) is 5.88 Å². The molecule has 0 aromatic carbocycles. The quantitative estimate of drug-likeness (QED) is 0.316. The van der Waals surface area contributed by atoms with Gasteiger partial charge in [0.05, 0.1) is 28.4 Å². The first-order valence-corrected chi connectivity index (χ1v) is 13.7. The highest BCUT2D eigenvalue weighted by Gasteiger charge is 2.63. The lowest BCUT2D eigenvalue weighted by molar-refractivity contribution is -0.125. The molecular formula is C24H25F5N8O3S. The number of thiophene rings is 1. The Morgan fingerprint density at radius 3 is 2.68 bits per heavy atom. The molecule has 0 radical (unpaired) electrons. The summed E-state index contributed by atoms with van der Waals surface area (Å²) in [4.78, 5) is 27.7. The molecule has 3 unspecified atom stereocenters. The second kappa shape index (κ2) is 9.95. The Labute approximate surface area is 233 Å². The van der Waals surface area contributed by atoms with E-state index in [2.05, 4.69) is 30.7 Å². The molecule has 0 saturated heterocycles. The molecule has 4 N–H and O–H groups in total. The number of aryl methyl sites for hydroxylation is 2. The number of amides is 1. The van der Waals surface area contributed by atoms with Crippen molar-refractivity contribution < 1.29 is 36.3 Å². The predicted molar refractivity (Wildman–Crippen MR) is 135 cm³/mol. The van der Waals surface area contributed by atoms with Crippen molar-refractivity contribution in [2.75, 3.05) is 11.1 Å². The molecule has 2 fully saturated rings. The Balaban J connectivity index is 1.36. The van der Waals surface area contributed by atoms with Crippen LogP contribution in [0.1, 0.15) is 58.4 Å². The van der Waals surface area contributed by atoms with Gasteiger partial charge in [-0.3, -0.25) is 14.2 Å². The van der Waals surface area contributed by atoms with E-state index in [0.717, 1.165) is 11.3 Å². The average Bonchev–Trinajstić information content (AvgIpc) is 3.21. The summed E-state index contributed by atoms with van der Waals surface area (Å²) in [5.41, 5.74) is 6.58. The molecule has 3 heterocycles. The van der Waals surface area contributed by atoms with Crippen LogP contribution in [0.4, 0.5) is 38.7 Å². The third-order valence-corrected chi connectivity index (χ3v) is 8.86. The monoisotopic (exact) mass is 600 g/mol. The normalized spacial score (nSPS) is 26.3. The number of alkyl halides is 5. The molecule has 3 atom stereocenters. The first kappa shape index (κ1) is 27.4. The van der Waals surface area contributed by atoms with Gasteiger partial charge in [-0.05, 0) is 31.2 Å². The zero-order valence-electron chi connectivity index (χ0n) is 21.5. The molecule has 2 saturated carbocycles. The number of nitrogen functional groups attached to an aromatic ring is 1. The Bertz CT molecular complexity index is 1500. The van der Waals surface area contributed by atoms with Gasteiger partial charge < -0.3 is 21.1 Å². The molecule has 220 valence electrons. The average molecular weight is 601 g/mol. The standard InChI is InChI=1S/C24H25F5N8O3S/c1-36-14(6-15(35-36)40-22(26)27)33-23-34-31-8-37(23)12-2-3-13-17(16(12)19(38)11-7-24(11,28)29)18(20(30)41-13)21(39)32-10-4-9(25)5-10/h6,8-12,16,22H,2-5,7,30H2,1H3,(H,32,39)(H,33,34)/t9-,10-,11?,12?,16?. The first-order valence-electron chi connectivity index (χ1n) is 12.9. The zero-order valence-corrected chi connectivity index (χ0v) is 22.3. The molecule has 6 rings (SSSR count). The van der Waals surface area contributed by atoms with Crippen LogP contribution in [0.15, 0.2) is 12.4 Å². The second-order valence-corrected chi connectivity index (χ2v) is 11.6. The summed E-state index contributed by atoms with van der Waals surface area (Å²) in [6, 6.07) is 0.0377. The molecule has 0 aliphatic heterocycles. The van der Waals surface area contributed by atoms with Crippen molar-refractivity contribution >= 4 is 39.8 Å². The number of nitrogens with two attached hydrogens (primary N) is 1. The van der Waals surface area contributed by atoms with Gasteiger partial charge in [-0.2, -0.15) is 8.78 Å². The van der Waals surface area contributed by atoms with Gasteiger partial charge in [-0.15, -0.1) is 26.6 Å². The van der Waals surface area contributed by atoms with E-state index in [1.165, 1.54) is 28.7 Å². The van der Waals surface area contributed by atoms with Gasteiger partial charge in [-0.25, -0.2) is 17.9 Å². The zero-order chi connectivity index (χ0) is 29.2. The second-order valence-electron chi connectivity index (χ2n) is 10.5. The molecule has 3 aliphatic rings. The number of fused-ring (bicyclic) bond motifs is 1. The van der Waals surface area contributed by atoms with Crippen LogP contribution in [-0.4, -0.2) is 61.0 Å². The Morgan fingerprint density at radius 1 is 1.29 bits per heavy atom. The summed E-state index contributed by atoms with van der Waals surface area (Å²) in [6.07, 6.45) is 0.728. The van der Waals surface area contributed by atoms with Gasteiger partial charge >= 0.3 is 6.61 Å². The molecule has 3 aromatic heterocycles. The van der Waals surface area contributed by atoms with E-state index in [1.54, 1.807) is 0 Å². The SMILES string of the molecule is Cn1nc(OC(F)F)cc1Nc1nncn1C1CCc2sc(N)c(C(=O)N[C@H]3C[C@H](F)C3)c2C1C(=O)C1CC1(F)F. The van der Waals surface area contributed by atoms with E-state index in [0.29, 0.717) is 17.7 Å². The lowest BCUT2D eigenvalue weighted by Gasteiger charge is -2.34. The molecule has 0 bridgehead atoms. The number of hydrogen-bond donors (Lipinski definition) is 3. The predicted octanol–water partition coefficient (Wildman–Crippen LogP) is 3.73. The van der Waals surface area contributed by atoms with Gasteiger partial charge in [-0.1, -0.05) is 0 Å². The maximum atomic E-state index is 14.2. The van der Waals surface area contributed by atoms with Crippen molar-refractivity contribution in [2.24, 2.45) is 13.0 Å². The number of nitrogens with one attached hydrogen (secondary N) is 2. The number of nitrogens with zero attached hydrogens (tertiary/aromatic N) is 5. The summed E-state index contributed by atoms with van der Waals surface area (Å²) < 4.78 is 74.2. The number of hydrogen-bond acceptors (Lipinski definition) is 9. The summed E-state index contributed by atoms with van der Waals surface area (Å²) >= 11 is 1.13. The van der Waals surface area contributed by atoms with Crippen LogP contribution in [-0.2, 0) is 18.3 Å². The fraction of sp³-hybridized carbons (Fsp3) is 0.542. The van der Waals surface area contributed by atoms with Crippen molar-refractivity contribution in [3.05, 3.63) is 28.4 Å². The minimum absolute atomic E-state index is 0.0438. The number of carbonyl (C=O) groups excluding carboxylic acids is 2. The number of Topliss-reactive ketones (excluding diaryl/α,β-unsaturated/α-hetero) is 1. The molecule has 3 aliphatic carbocycles. The number of aromatic nitrogens is 5. The van der Waals surface area contributed by atoms with Crippen molar-refractivity contribution in [2.45, 2.75) is 68.8 Å². The van der Waals surface area contributed by atoms with Gasteiger partial charge in [0.2, 0.25) is 11.8 Å². The Hall–Kier alpha value is -3.76. The molecule has 41 heavy (non-hydrogen) atoms. The highest BCUT2D eigenvalue weighted by molar-refractivity contribution is 7.16. The molecular weight excluding hydrogens is 575 g/mol. The fourth-order valence-corrected chi connectivity index (χ4v) is 6.72. The van der Waals surface area contributed by atoms with E-state index >= 15 is 0 Å². The van der Waals surface area contributed by atoms with Gasteiger partial charge in [0, 0.05) is 30.5 Å². The molecule has 0 spiro atoms. The lowest BCUT2D eigenvalue weighted by atomic mass is 9.76. The number of ketones is 1.